The average molecular weight is 295 g/mol. The molecule has 20 heavy (non-hydrogen) atoms. The fourth-order valence-electron chi connectivity index (χ4n) is 1.85. The van der Waals surface area contributed by atoms with Crippen molar-refractivity contribution in [3.05, 3.63) is 35.8 Å². The lowest BCUT2D eigenvalue weighted by Crippen LogP contribution is -2.13. The minimum Gasteiger partial charge on any atom is -0.506 e. The summed E-state index contributed by atoms with van der Waals surface area (Å²) in [5, 5.41) is 9.70. The van der Waals surface area contributed by atoms with Crippen molar-refractivity contribution in [3.8, 4) is 5.75 Å². The maximum absolute atomic E-state index is 12.2. The molecular formula is C13H17N3O3S. The number of benzene rings is 1. The summed E-state index contributed by atoms with van der Waals surface area (Å²) in [6.45, 7) is 6.10. The Morgan fingerprint density at radius 2 is 2.05 bits per heavy atom. The van der Waals surface area contributed by atoms with Crippen LogP contribution in [-0.2, 0) is 16.6 Å². The van der Waals surface area contributed by atoms with E-state index in [1.54, 1.807) is 17.6 Å². The number of sulfonamides is 1. The van der Waals surface area contributed by atoms with Crippen molar-refractivity contribution in [1.82, 2.24) is 9.55 Å². The van der Waals surface area contributed by atoms with E-state index in [1.165, 1.54) is 18.3 Å². The zero-order valence-electron chi connectivity index (χ0n) is 11.6. The number of rotatable bonds is 4. The van der Waals surface area contributed by atoms with Gasteiger partial charge in [0.25, 0.3) is 10.0 Å². The second-order valence-corrected chi connectivity index (χ2v) is 6.17. The first-order valence-electron chi connectivity index (χ1n) is 6.19. The molecule has 2 aromatic rings. The Hall–Kier alpha value is -2.02. The standard InChI is InChI=1S/C13H17N3O3S/c1-4-16-8-13(14-10(16)3)20(18,19)15-11-6-5-9(2)7-12(11)17/h5-8,15,17H,4H2,1-3H3. The van der Waals surface area contributed by atoms with E-state index in [9.17, 15) is 13.5 Å². The van der Waals surface area contributed by atoms with Gasteiger partial charge in [0.2, 0.25) is 0 Å². The molecular weight excluding hydrogens is 278 g/mol. The summed E-state index contributed by atoms with van der Waals surface area (Å²) in [5.41, 5.74) is 0.982. The maximum Gasteiger partial charge on any atom is 0.281 e. The Morgan fingerprint density at radius 3 is 2.60 bits per heavy atom. The summed E-state index contributed by atoms with van der Waals surface area (Å²) >= 11 is 0. The van der Waals surface area contributed by atoms with Crippen molar-refractivity contribution in [2.45, 2.75) is 32.3 Å². The van der Waals surface area contributed by atoms with Gasteiger partial charge in [-0.2, -0.15) is 8.42 Å². The summed E-state index contributed by atoms with van der Waals surface area (Å²) in [5.74, 6) is 0.515. The smallest absolute Gasteiger partial charge is 0.281 e. The molecule has 2 rings (SSSR count). The van der Waals surface area contributed by atoms with Gasteiger partial charge in [-0.25, -0.2) is 4.98 Å². The number of imidazole rings is 1. The highest BCUT2D eigenvalue weighted by Gasteiger charge is 2.20. The molecule has 2 N–H and O–H groups in total. The number of nitrogens with one attached hydrogen (secondary N) is 1. The SMILES string of the molecule is CCn1cc(S(=O)(=O)Nc2ccc(C)cc2O)nc1C. The largest absolute Gasteiger partial charge is 0.506 e. The van der Waals surface area contributed by atoms with Crippen molar-refractivity contribution in [3.63, 3.8) is 0 Å². The molecule has 0 atom stereocenters. The molecule has 1 heterocycles. The Kier molecular flexibility index (Phi) is 3.71. The molecule has 0 bridgehead atoms. The van der Waals surface area contributed by atoms with Gasteiger partial charge in [-0.15, -0.1) is 0 Å². The van der Waals surface area contributed by atoms with E-state index in [-0.39, 0.29) is 16.5 Å². The normalized spacial score (nSPS) is 11.6. The average Bonchev–Trinajstić information content (AvgIpc) is 2.75. The monoisotopic (exact) mass is 295 g/mol. The highest BCUT2D eigenvalue weighted by atomic mass is 32.2. The number of hydrogen-bond donors (Lipinski definition) is 2. The summed E-state index contributed by atoms with van der Waals surface area (Å²) in [6, 6.07) is 4.73. The van der Waals surface area contributed by atoms with Crippen LogP contribution in [0.4, 0.5) is 5.69 Å². The molecule has 0 amide bonds. The molecule has 7 heteroatoms. The molecule has 6 nitrogen and oxygen atoms in total. The maximum atomic E-state index is 12.2. The molecule has 0 saturated heterocycles. The van der Waals surface area contributed by atoms with Crippen LogP contribution in [0, 0.1) is 13.8 Å². The Morgan fingerprint density at radius 1 is 1.35 bits per heavy atom. The lowest BCUT2D eigenvalue weighted by molar-refractivity contribution is 0.477. The van der Waals surface area contributed by atoms with Gasteiger partial charge < -0.3 is 9.67 Å². The highest BCUT2D eigenvalue weighted by molar-refractivity contribution is 7.92. The van der Waals surface area contributed by atoms with E-state index in [2.05, 4.69) is 9.71 Å². The van der Waals surface area contributed by atoms with E-state index in [0.717, 1.165) is 5.56 Å². The van der Waals surface area contributed by atoms with Gasteiger partial charge in [0.1, 0.15) is 11.6 Å². The van der Waals surface area contributed by atoms with Crippen LogP contribution in [0.5, 0.6) is 5.75 Å². The van der Waals surface area contributed by atoms with Crippen LogP contribution in [-0.4, -0.2) is 23.1 Å². The zero-order chi connectivity index (χ0) is 14.9. The van der Waals surface area contributed by atoms with Crippen molar-refractivity contribution < 1.29 is 13.5 Å². The minimum absolute atomic E-state index is 0.0585. The summed E-state index contributed by atoms with van der Waals surface area (Å²) in [6.07, 6.45) is 1.48. The van der Waals surface area contributed by atoms with Crippen molar-refractivity contribution in [2.24, 2.45) is 0 Å². The number of aromatic nitrogens is 2. The van der Waals surface area contributed by atoms with Gasteiger partial charge in [0.05, 0.1) is 5.69 Å². The van der Waals surface area contributed by atoms with E-state index < -0.39 is 10.0 Å². The fraction of sp³-hybridized carbons (Fsp3) is 0.308. The van der Waals surface area contributed by atoms with E-state index in [4.69, 9.17) is 0 Å². The second-order valence-electron chi connectivity index (χ2n) is 4.54. The minimum atomic E-state index is -3.80. The van der Waals surface area contributed by atoms with Gasteiger partial charge in [0, 0.05) is 12.7 Å². The first-order chi connectivity index (χ1) is 9.33. The molecule has 0 aliphatic carbocycles. The highest BCUT2D eigenvalue weighted by Crippen LogP contribution is 2.26. The zero-order valence-corrected chi connectivity index (χ0v) is 12.4. The number of phenols is 1. The summed E-state index contributed by atoms with van der Waals surface area (Å²) in [7, 11) is -3.80. The van der Waals surface area contributed by atoms with Crippen LogP contribution in [0.15, 0.2) is 29.4 Å². The first kappa shape index (κ1) is 14.4. The van der Waals surface area contributed by atoms with E-state index >= 15 is 0 Å². The summed E-state index contributed by atoms with van der Waals surface area (Å²) in [4.78, 5) is 4.03. The number of phenolic OH excluding ortho intramolecular Hbond substituents is 1. The molecule has 0 saturated carbocycles. The van der Waals surface area contributed by atoms with Gasteiger partial charge in [0.15, 0.2) is 5.03 Å². The van der Waals surface area contributed by atoms with Crippen LogP contribution in [0.3, 0.4) is 0 Å². The van der Waals surface area contributed by atoms with Crippen LogP contribution < -0.4 is 4.72 Å². The number of nitrogens with zero attached hydrogens (tertiary/aromatic N) is 2. The molecule has 0 spiro atoms. The predicted octanol–water partition coefficient (Wildman–Crippen LogP) is 2.03. The van der Waals surface area contributed by atoms with Crippen molar-refractivity contribution >= 4 is 15.7 Å². The third-order valence-electron chi connectivity index (χ3n) is 2.97. The molecule has 0 fully saturated rings. The third-order valence-corrected chi connectivity index (χ3v) is 4.20. The Labute approximate surface area is 118 Å². The molecule has 0 aliphatic heterocycles. The lowest BCUT2D eigenvalue weighted by Gasteiger charge is -2.08. The predicted molar refractivity (Wildman–Crippen MR) is 76.3 cm³/mol. The number of aryl methyl sites for hydroxylation is 3. The third kappa shape index (κ3) is 2.77. The quantitative estimate of drug-likeness (QED) is 0.845. The number of aromatic hydroxyl groups is 1. The first-order valence-corrected chi connectivity index (χ1v) is 7.68. The molecule has 0 unspecified atom stereocenters. The van der Waals surface area contributed by atoms with Gasteiger partial charge >= 0.3 is 0 Å². The fourth-order valence-corrected chi connectivity index (χ4v) is 2.94. The van der Waals surface area contributed by atoms with Crippen molar-refractivity contribution in [1.29, 1.82) is 0 Å². The second kappa shape index (κ2) is 5.16. The Balaban J connectivity index is 2.35. The Bertz CT molecular complexity index is 735. The molecule has 1 aromatic carbocycles. The summed E-state index contributed by atoms with van der Waals surface area (Å²) < 4.78 is 28.5. The molecule has 0 aliphatic rings. The van der Waals surface area contributed by atoms with Crippen LogP contribution in [0.1, 0.15) is 18.3 Å². The number of anilines is 1. The molecule has 108 valence electrons. The van der Waals surface area contributed by atoms with Crippen LogP contribution in [0.2, 0.25) is 0 Å². The van der Waals surface area contributed by atoms with Gasteiger partial charge in [-0.05, 0) is 38.5 Å². The van der Waals surface area contributed by atoms with Gasteiger partial charge in [-0.3, -0.25) is 4.72 Å². The van der Waals surface area contributed by atoms with E-state index in [1.807, 2.05) is 13.8 Å². The van der Waals surface area contributed by atoms with E-state index in [0.29, 0.717) is 12.4 Å². The molecule has 0 radical (unpaired) electrons. The topological polar surface area (TPSA) is 84.2 Å². The van der Waals surface area contributed by atoms with Crippen LogP contribution >= 0.6 is 0 Å². The van der Waals surface area contributed by atoms with Crippen LogP contribution in [0.25, 0.3) is 0 Å². The van der Waals surface area contributed by atoms with Crippen molar-refractivity contribution in [2.75, 3.05) is 4.72 Å². The van der Waals surface area contributed by atoms with Gasteiger partial charge in [-0.1, -0.05) is 6.07 Å². The molecule has 1 aromatic heterocycles. The lowest BCUT2D eigenvalue weighted by atomic mass is 10.2. The number of hydrogen-bond acceptors (Lipinski definition) is 4.